The molecule has 0 saturated carbocycles. The Balaban J connectivity index is 1.84. The minimum Gasteiger partial charge on any atom is -0.308 e. The minimum absolute atomic E-state index is 0.382. The van der Waals surface area contributed by atoms with Gasteiger partial charge in [0.05, 0.1) is 10.7 Å². The first-order valence-corrected chi connectivity index (χ1v) is 9.05. The number of aryl methyl sites for hydroxylation is 2. The summed E-state index contributed by atoms with van der Waals surface area (Å²) in [5.74, 6) is 3.92. The van der Waals surface area contributed by atoms with Gasteiger partial charge in [-0.25, -0.2) is 4.98 Å². The molecule has 1 aliphatic heterocycles. The van der Waals surface area contributed by atoms with Crippen LogP contribution in [0, 0.1) is 13.8 Å². The summed E-state index contributed by atoms with van der Waals surface area (Å²) in [6.45, 7) is 7.59. The molecule has 1 N–H and O–H groups in total. The van der Waals surface area contributed by atoms with Gasteiger partial charge in [0.15, 0.2) is 0 Å². The van der Waals surface area contributed by atoms with Gasteiger partial charge in [-0.15, -0.1) is 11.3 Å². The smallest absolute Gasteiger partial charge is 0.0900 e. The predicted molar refractivity (Wildman–Crippen MR) is 81.6 cm³/mol. The highest BCUT2D eigenvalue weighted by atomic mass is 32.2. The van der Waals surface area contributed by atoms with Crippen LogP contribution in [0.15, 0.2) is 0 Å². The SMILES string of the molecule is Cc1nc(C(C)NCC2CSCCS2)c(C)s1. The van der Waals surface area contributed by atoms with Gasteiger partial charge in [-0.2, -0.15) is 23.5 Å². The van der Waals surface area contributed by atoms with E-state index in [0.29, 0.717) is 6.04 Å². The fraction of sp³-hybridized carbons (Fsp3) is 0.750. The highest BCUT2D eigenvalue weighted by molar-refractivity contribution is 8.06. The minimum atomic E-state index is 0.382. The Morgan fingerprint density at radius 3 is 2.82 bits per heavy atom. The number of nitrogens with zero attached hydrogens (tertiary/aromatic N) is 1. The molecule has 2 nitrogen and oxygen atoms in total. The summed E-state index contributed by atoms with van der Waals surface area (Å²) in [7, 11) is 0. The van der Waals surface area contributed by atoms with E-state index < -0.39 is 0 Å². The van der Waals surface area contributed by atoms with Crippen molar-refractivity contribution in [3.8, 4) is 0 Å². The molecule has 1 fully saturated rings. The molecule has 0 aliphatic carbocycles. The van der Waals surface area contributed by atoms with Crippen LogP contribution in [0.1, 0.15) is 28.5 Å². The number of thiazole rings is 1. The Kier molecular flexibility index (Phi) is 5.21. The number of aromatic nitrogens is 1. The lowest BCUT2D eigenvalue weighted by Crippen LogP contribution is -2.31. The Bertz CT molecular complexity index is 359. The monoisotopic (exact) mass is 288 g/mol. The van der Waals surface area contributed by atoms with Crippen LogP contribution in [0.2, 0.25) is 0 Å². The number of thioether (sulfide) groups is 2. The Morgan fingerprint density at radius 1 is 1.41 bits per heavy atom. The highest BCUT2D eigenvalue weighted by Gasteiger charge is 2.17. The molecule has 0 bridgehead atoms. The second kappa shape index (κ2) is 6.45. The molecule has 96 valence electrons. The van der Waals surface area contributed by atoms with Crippen molar-refractivity contribution in [1.29, 1.82) is 0 Å². The molecular formula is C12H20N2S3. The summed E-state index contributed by atoms with van der Waals surface area (Å²) in [5, 5.41) is 5.58. The maximum absolute atomic E-state index is 4.62. The van der Waals surface area contributed by atoms with Gasteiger partial charge in [-0.05, 0) is 20.8 Å². The van der Waals surface area contributed by atoms with E-state index in [-0.39, 0.29) is 0 Å². The van der Waals surface area contributed by atoms with Gasteiger partial charge >= 0.3 is 0 Å². The Labute approximate surface area is 116 Å². The molecule has 0 radical (unpaired) electrons. The van der Waals surface area contributed by atoms with Crippen molar-refractivity contribution in [3.63, 3.8) is 0 Å². The molecular weight excluding hydrogens is 268 g/mol. The fourth-order valence-corrected chi connectivity index (χ4v) is 5.54. The maximum Gasteiger partial charge on any atom is 0.0900 e. The van der Waals surface area contributed by atoms with Crippen LogP contribution in [-0.4, -0.2) is 34.0 Å². The highest BCUT2D eigenvalue weighted by Crippen LogP contribution is 2.25. The van der Waals surface area contributed by atoms with E-state index in [1.54, 1.807) is 11.3 Å². The second-order valence-electron chi connectivity index (χ2n) is 4.37. The van der Waals surface area contributed by atoms with Crippen molar-refractivity contribution < 1.29 is 0 Å². The standard InChI is InChI=1S/C12H20N2S3/c1-8(12-9(2)17-10(3)14-12)13-6-11-7-15-4-5-16-11/h8,11,13H,4-7H2,1-3H3. The van der Waals surface area contributed by atoms with Gasteiger partial charge in [-0.3, -0.25) is 0 Å². The Morgan fingerprint density at radius 2 is 2.24 bits per heavy atom. The van der Waals surface area contributed by atoms with Gasteiger partial charge in [-0.1, -0.05) is 0 Å². The largest absolute Gasteiger partial charge is 0.308 e. The zero-order valence-corrected chi connectivity index (χ0v) is 13.1. The molecule has 1 aliphatic rings. The lowest BCUT2D eigenvalue weighted by Gasteiger charge is -2.23. The van der Waals surface area contributed by atoms with Gasteiger partial charge in [0.1, 0.15) is 0 Å². The third-order valence-electron chi connectivity index (χ3n) is 2.89. The third kappa shape index (κ3) is 3.88. The van der Waals surface area contributed by atoms with Crippen molar-refractivity contribution in [3.05, 3.63) is 15.6 Å². The van der Waals surface area contributed by atoms with Crippen molar-refractivity contribution in [2.75, 3.05) is 23.8 Å². The van der Waals surface area contributed by atoms with Gasteiger partial charge in [0.2, 0.25) is 0 Å². The van der Waals surface area contributed by atoms with Crippen molar-refractivity contribution >= 4 is 34.9 Å². The average molecular weight is 289 g/mol. The lowest BCUT2D eigenvalue weighted by molar-refractivity contribution is 0.564. The molecule has 0 amide bonds. The van der Waals surface area contributed by atoms with Gasteiger partial charge < -0.3 is 5.32 Å². The van der Waals surface area contributed by atoms with E-state index in [1.807, 2.05) is 0 Å². The number of nitrogens with one attached hydrogen (secondary N) is 1. The van der Waals surface area contributed by atoms with E-state index in [0.717, 1.165) is 11.8 Å². The van der Waals surface area contributed by atoms with E-state index in [1.165, 1.54) is 32.8 Å². The van der Waals surface area contributed by atoms with E-state index in [9.17, 15) is 0 Å². The van der Waals surface area contributed by atoms with Crippen molar-refractivity contribution in [2.45, 2.75) is 32.1 Å². The van der Waals surface area contributed by atoms with Crippen molar-refractivity contribution in [2.24, 2.45) is 0 Å². The zero-order valence-electron chi connectivity index (χ0n) is 10.7. The van der Waals surface area contributed by atoms with Gasteiger partial charge in [0, 0.05) is 40.0 Å². The normalized spacial score (nSPS) is 22.6. The lowest BCUT2D eigenvalue weighted by atomic mass is 10.2. The quantitative estimate of drug-likeness (QED) is 0.919. The van der Waals surface area contributed by atoms with E-state index in [4.69, 9.17) is 0 Å². The number of hydrogen-bond acceptors (Lipinski definition) is 5. The van der Waals surface area contributed by atoms with E-state index >= 15 is 0 Å². The average Bonchev–Trinajstić information content (AvgIpc) is 2.67. The second-order valence-corrected chi connectivity index (χ2v) is 8.34. The topological polar surface area (TPSA) is 24.9 Å². The molecule has 0 spiro atoms. The first-order chi connectivity index (χ1) is 8.16. The van der Waals surface area contributed by atoms with E-state index in [2.05, 4.69) is 54.6 Å². The molecule has 0 aromatic carbocycles. The molecule has 2 heterocycles. The predicted octanol–water partition coefficient (Wildman–Crippen LogP) is 3.26. The molecule has 2 unspecified atom stereocenters. The molecule has 17 heavy (non-hydrogen) atoms. The summed E-state index contributed by atoms with van der Waals surface area (Å²) in [6.07, 6.45) is 0. The fourth-order valence-electron chi connectivity index (χ4n) is 2.01. The van der Waals surface area contributed by atoms with Crippen LogP contribution in [-0.2, 0) is 0 Å². The zero-order chi connectivity index (χ0) is 12.3. The summed E-state index contributed by atoms with van der Waals surface area (Å²) in [5.41, 5.74) is 1.24. The summed E-state index contributed by atoms with van der Waals surface area (Å²) < 4.78 is 0. The summed E-state index contributed by atoms with van der Waals surface area (Å²) in [4.78, 5) is 5.97. The summed E-state index contributed by atoms with van der Waals surface area (Å²) in [6, 6.07) is 0.382. The van der Waals surface area contributed by atoms with Crippen LogP contribution in [0.5, 0.6) is 0 Å². The van der Waals surface area contributed by atoms with Crippen molar-refractivity contribution in [1.82, 2.24) is 10.3 Å². The van der Waals surface area contributed by atoms with Crippen LogP contribution in [0.4, 0.5) is 0 Å². The third-order valence-corrected chi connectivity index (χ3v) is 6.63. The summed E-state index contributed by atoms with van der Waals surface area (Å²) >= 11 is 5.99. The van der Waals surface area contributed by atoms with Crippen LogP contribution < -0.4 is 5.32 Å². The first kappa shape index (κ1) is 13.7. The molecule has 1 aromatic heterocycles. The molecule has 2 atom stereocenters. The Hall–Kier alpha value is 0.290. The molecule has 1 saturated heterocycles. The molecule has 2 rings (SSSR count). The van der Waals surface area contributed by atoms with Crippen LogP contribution >= 0.6 is 34.9 Å². The maximum atomic E-state index is 4.62. The number of rotatable bonds is 4. The van der Waals surface area contributed by atoms with Crippen LogP contribution in [0.3, 0.4) is 0 Å². The molecule has 1 aromatic rings. The molecule has 5 heteroatoms. The van der Waals surface area contributed by atoms with Gasteiger partial charge in [0.25, 0.3) is 0 Å². The number of hydrogen-bond donors (Lipinski definition) is 1. The first-order valence-electron chi connectivity index (χ1n) is 6.03. The van der Waals surface area contributed by atoms with Crippen LogP contribution in [0.25, 0.3) is 0 Å².